The van der Waals surface area contributed by atoms with Crippen LogP contribution in [0.25, 0.3) is 11.1 Å². The lowest BCUT2D eigenvalue weighted by Gasteiger charge is -2.11. The zero-order chi connectivity index (χ0) is 18.2. The standard InChI is InChI=1S/C17H18N2O5S/c1-4-19-14-9-11(2)16(10-15(14)24-17(19)20)25(21,22)18-12-5-7-13(23-3)8-6-12/h5-10,18H,4H2,1-3H3. The van der Waals surface area contributed by atoms with Crippen LogP contribution in [0.5, 0.6) is 5.75 Å². The molecule has 25 heavy (non-hydrogen) atoms. The van der Waals surface area contributed by atoms with Crippen LogP contribution in [0.2, 0.25) is 0 Å². The molecule has 0 radical (unpaired) electrons. The Bertz CT molecular complexity index is 1080. The molecule has 0 atom stereocenters. The van der Waals surface area contributed by atoms with Crippen LogP contribution in [-0.4, -0.2) is 20.1 Å². The number of anilines is 1. The third-order valence-electron chi connectivity index (χ3n) is 3.91. The number of nitrogens with one attached hydrogen (secondary N) is 1. The molecular weight excluding hydrogens is 344 g/mol. The van der Waals surface area contributed by atoms with Crippen molar-refractivity contribution < 1.29 is 17.6 Å². The van der Waals surface area contributed by atoms with Gasteiger partial charge in [-0.1, -0.05) is 0 Å². The zero-order valence-electron chi connectivity index (χ0n) is 14.1. The molecule has 0 saturated heterocycles. The third-order valence-corrected chi connectivity index (χ3v) is 5.44. The molecule has 3 aromatic rings. The molecule has 0 amide bonds. The second kappa shape index (κ2) is 6.29. The molecular formula is C17H18N2O5S. The molecule has 0 aliphatic rings. The maximum atomic E-state index is 12.7. The summed E-state index contributed by atoms with van der Waals surface area (Å²) in [5, 5.41) is 0. The lowest BCUT2D eigenvalue weighted by Crippen LogP contribution is -2.14. The lowest BCUT2D eigenvalue weighted by atomic mass is 10.2. The van der Waals surface area contributed by atoms with Gasteiger partial charge >= 0.3 is 5.76 Å². The Morgan fingerprint density at radius 3 is 2.48 bits per heavy atom. The maximum absolute atomic E-state index is 12.7. The number of nitrogens with zero attached hydrogens (tertiary/aromatic N) is 1. The molecule has 0 fully saturated rings. The summed E-state index contributed by atoms with van der Waals surface area (Å²) >= 11 is 0. The largest absolute Gasteiger partial charge is 0.497 e. The van der Waals surface area contributed by atoms with Gasteiger partial charge in [0.1, 0.15) is 5.75 Å². The van der Waals surface area contributed by atoms with Crippen LogP contribution in [0.4, 0.5) is 5.69 Å². The number of fused-ring (bicyclic) bond motifs is 1. The minimum Gasteiger partial charge on any atom is -0.497 e. The second-order valence-corrected chi connectivity index (χ2v) is 7.18. The minimum absolute atomic E-state index is 0.0628. The summed E-state index contributed by atoms with van der Waals surface area (Å²) in [6, 6.07) is 9.56. The SMILES string of the molecule is CCn1c(=O)oc2cc(S(=O)(=O)Nc3ccc(OC)cc3)c(C)cc21. The van der Waals surface area contributed by atoms with Gasteiger partial charge < -0.3 is 9.15 Å². The highest BCUT2D eigenvalue weighted by Gasteiger charge is 2.20. The molecule has 0 unspecified atom stereocenters. The van der Waals surface area contributed by atoms with Crippen LogP contribution in [-0.2, 0) is 16.6 Å². The van der Waals surface area contributed by atoms with E-state index < -0.39 is 15.8 Å². The van der Waals surface area contributed by atoms with Gasteiger partial charge in [-0.2, -0.15) is 0 Å². The monoisotopic (exact) mass is 362 g/mol. The number of aromatic nitrogens is 1. The number of benzene rings is 2. The molecule has 1 N–H and O–H groups in total. The van der Waals surface area contributed by atoms with E-state index in [4.69, 9.17) is 9.15 Å². The van der Waals surface area contributed by atoms with Gasteiger partial charge in [-0.15, -0.1) is 0 Å². The molecule has 0 bridgehead atoms. The van der Waals surface area contributed by atoms with E-state index in [1.54, 1.807) is 37.3 Å². The van der Waals surface area contributed by atoms with Crippen molar-refractivity contribution in [2.45, 2.75) is 25.3 Å². The lowest BCUT2D eigenvalue weighted by molar-refractivity contribution is 0.415. The molecule has 0 aliphatic carbocycles. The van der Waals surface area contributed by atoms with Gasteiger partial charge in [-0.3, -0.25) is 9.29 Å². The van der Waals surface area contributed by atoms with Crippen molar-refractivity contribution in [3.63, 3.8) is 0 Å². The summed E-state index contributed by atoms with van der Waals surface area (Å²) < 4.78 is 39.6. The fraction of sp³-hybridized carbons (Fsp3) is 0.235. The van der Waals surface area contributed by atoms with E-state index in [2.05, 4.69) is 4.72 Å². The Morgan fingerprint density at radius 2 is 1.88 bits per heavy atom. The predicted octanol–water partition coefficient (Wildman–Crippen LogP) is 2.73. The highest BCUT2D eigenvalue weighted by atomic mass is 32.2. The van der Waals surface area contributed by atoms with E-state index in [1.165, 1.54) is 17.7 Å². The predicted molar refractivity (Wildman–Crippen MR) is 94.7 cm³/mol. The first kappa shape index (κ1) is 17.1. The first-order valence-electron chi connectivity index (χ1n) is 7.66. The molecule has 0 saturated carbocycles. The van der Waals surface area contributed by atoms with Crippen molar-refractivity contribution in [2.75, 3.05) is 11.8 Å². The Hall–Kier alpha value is -2.74. The number of hydrogen-bond acceptors (Lipinski definition) is 5. The van der Waals surface area contributed by atoms with Crippen molar-refractivity contribution in [3.05, 3.63) is 52.5 Å². The number of hydrogen-bond donors (Lipinski definition) is 1. The summed E-state index contributed by atoms with van der Waals surface area (Å²) in [6.45, 7) is 3.95. The van der Waals surface area contributed by atoms with Crippen molar-refractivity contribution in [1.82, 2.24) is 4.57 Å². The molecule has 0 spiro atoms. The van der Waals surface area contributed by atoms with Crippen molar-refractivity contribution in [3.8, 4) is 5.75 Å². The maximum Gasteiger partial charge on any atom is 0.419 e. The minimum atomic E-state index is -3.83. The van der Waals surface area contributed by atoms with Gasteiger partial charge in [-0.25, -0.2) is 13.2 Å². The fourth-order valence-electron chi connectivity index (χ4n) is 2.65. The fourth-order valence-corrected chi connectivity index (χ4v) is 3.95. The van der Waals surface area contributed by atoms with E-state index in [-0.39, 0.29) is 10.5 Å². The molecule has 132 valence electrons. The van der Waals surface area contributed by atoms with Crippen LogP contribution < -0.4 is 15.2 Å². The summed E-state index contributed by atoms with van der Waals surface area (Å²) in [6.07, 6.45) is 0. The Balaban J connectivity index is 2.04. The highest BCUT2D eigenvalue weighted by Crippen LogP contribution is 2.25. The van der Waals surface area contributed by atoms with Gasteiger partial charge in [0.25, 0.3) is 10.0 Å². The molecule has 1 heterocycles. The average Bonchev–Trinajstić information content (AvgIpc) is 2.88. The number of aryl methyl sites for hydroxylation is 2. The molecule has 1 aromatic heterocycles. The Morgan fingerprint density at radius 1 is 1.20 bits per heavy atom. The average molecular weight is 362 g/mol. The molecule has 2 aromatic carbocycles. The van der Waals surface area contributed by atoms with Gasteiger partial charge in [0, 0.05) is 18.3 Å². The summed E-state index contributed by atoms with van der Waals surface area (Å²) in [5.74, 6) is 0.123. The zero-order valence-corrected chi connectivity index (χ0v) is 14.9. The Kier molecular flexibility index (Phi) is 4.30. The molecule has 7 nitrogen and oxygen atoms in total. The van der Waals surface area contributed by atoms with Crippen molar-refractivity contribution >= 4 is 26.8 Å². The summed E-state index contributed by atoms with van der Waals surface area (Å²) in [7, 11) is -2.29. The highest BCUT2D eigenvalue weighted by molar-refractivity contribution is 7.92. The Labute approximate surface area is 144 Å². The second-order valence-electron chi connectivity index (χ2n) is 5.53. The van der Waals surface area contributed by atoms with E-state index in [9.17, 15) is 13.2 Å². The van der Waals surface area contributed by atoms with Crippen LogP contribution in [0.3, 0.4) is 0 Å². The molecule has 3 rings (SSSR count). The van der Waals surface area contributed by atoms with Gasteiger partial charge in [0.2, 0.25) is 0 Å². The van der Waals surface area contributed by atoms with Gasteiger partial charge in [0.15, 0.2) is 5.58 Å². The van der Waals surface area contributed by atoms with Crippen LogP contribution in [0.1, 0.15) is 12.5 Å². The van der Waals surface area contributed by atoms with Crippen LogP contribution in [0, 0.1) is 6.92 Å². The first-order valence-corrected chi connectivity index (χ1v) is 9.15. The van der Waals surface area contributed by atoms with E-state index >= 15 is 0 Å². The summed E-state index contributed by atoms with van der Waals surface area (Å²) in [4.78, 5) is 11.9. The number of sulfonamides is 1. The van der Waals surface area contributed by atoms with E-state index in [0.717, 1.165) is 0 Å². The molecule has 8 heteroatoms. The summed E-state index contributed by atoms with van der Waals surface area (Å²) in [5.41, 5.74) is 1.75. The van der Waals surface area contributed by atoms with Crippen LogP contribution >= 0.6 is 0 Å². The smallest absolute Gasteiger partial charge is 0.419 e. The third kappa shape index (κ3) is 3.12. The quantitative estimate of drug-likeness (QED) is 0.754. The normalized spacial score (nSPS) is 11.6. The topological polar surface area (TPSA) is 90.5 Å². The van der Waals surface area contributed by atoms with E-state index in [1.807, 2.05) is 6.92 Å². The van der Waals surface area contributed by atoms with Crippen molar-refractivity contribution in [1.29, 1.82) is 0 Å². The number of oxazole rings is 1. The van der Waals surface area contributed by atoms with Crippen molar-refractivity contribution in [2.24, 2.45) is 0 Å². The van der Waals surface area contributed by atoms with Crippen LogP contribution in [0.15, 0.2) is 50.5 Å². The number of methoxy groups -OCH3 is 1. The number of ether oxygens (including phenoxy) is 1. The first-order chi connectivity index (χ1) is 11.9. The number of rotatable bonds is 5. The van der Waals surface area contributed by atoms with Gasteiger partial charge in [0.05, 0.1) is 17.5 Å². The molecule has 0 aliphatic heterocycles. The van der Waals surface area contributed by atoms with E-state index in [0.29, 0.717) is 29.1 Å². The van der Waals surface area contributed by atoms with Gasteiger partial charge in [-0.05, 0) is 49.7 Å².